The molecule has 244 valence electrons. The third kappa shape index (κ3) is 8.88. The number of nitrogens with zero attached hydrogens (tertiary/aromatic N) is 2. The van der Waals surface area contributed by atoms with Crippen LogP contribution in [0.4, 0.5) is 9.18 Å². The van der Waals surface area contributed by atoms with Crippen LogP contribution in [0.1, 0.15) is 69.3 Å². The van der Waals surface area contributed by atoms with Gasteiger partial charge in [-0.3, -0.25) is 4.79 Å². The monoisotopic (exact) mass is 629 g/mol. The second kappa shape index (κ2) is 14.8. The van der Waals surface area contributed by atoms with Crippen molar-refractivity contribution in [1.29, 1.82) is 0 Å². The van der Waals surface area contributed by atoms with Crippen LogP contribution >= 0.6 is 0 Å². The summed E-state index contributed by atoms with van der Waals surface area (Å²) in [6.07, 6.45) is 5.35. The van der Waals surface area contributed by atoms with E-state index in [0.29, 0.717) is 35.0 Å². The number of hydrogen-bond acceptors (Lipinski definition) is 6. The van der Waals surface area contributed by atoms with Crippen LogP contribution < -0.4 is 14.8 Å². The van der Waals surface area contributed by atoms with Gasteiger partial charge in [-0.15, -0.1) is 0 Å². The maximum atomic E-state index is 13.8. The van der Waals surface area contributed by atoms with Crippen molar-refractivity contribution < 1.29 is 28.2 Å². The summed E-state index contributed by atoms with van der Waals surface area (Å²) in [6.45, 7) is 11.7. The Bertz CT molecular complexity index is 1630. The quantitative estimate of drug-likeness (QED) is 0.119. The molecule has 0 aliphatic carbocycles. The van der Waals surface area contributed by atoms with Gasteiger partial charge in [0.25, 0.3) is 0 Å². The van der Waals surface area contributed by atoms with E-state index in [2.05, 4.69) is 21.7 Å². The van der Waals surface area contributed by atoms with Crippen molar-refractivity contribution in [3.63, 3.8) is 0 Å². The molecule has 46 heavy (non-hydrogen) atoms. The number of halogens is 1. The molecule has 0 spiro atoms. The van der Waals surface area contributed by atoms with Crippen LogP contribution in [0.5, 0.6) is 17.2 Å². The number of likely N-dealkylation sites (tertiary alicyclic amines) is 1. The van der Waals surface area contributed by atoms with Crippen LogP contribution in [0, 0.1) is 5.82 Å². The highest BCUT2D eigenvalue weighted by Gasteiger charge is 2.26. The number of amides is 1. The topological polar surface area (TPSA) is 82.0 Å². The van der Waals surface area contributed by atoms with Gasteiger partial charge in [-0.05, 0) is 107 Å². The summed E-state index contributed by atoms with van der Waals surface area (Å²) in [5.74, 6) is 1.41. The molecular weight excluding hydrogens is 585 g/mol. The Balaban J connectivity index is 1.17. The van der Waals surface area contributed by atoms with Gasteiger partial charge in [-0.2, -0.15) is 0 Å². The minimum atomic E-state index is -0.507. The first-order valence-corrected chi connectivity index (χ1v) is 16.1. The molecule has 0 saturated carbocycles. The maximum absolute atomic E-state index is 13.8. The Kier molecular flexibility index (Phi) is 10.6. The second-order valence-corrected chi connectivity index (χ2v) is 12.8. The lowest BCUT2D eigenvalue weighted by molar-refractivity contribution is 0.0505. The highest BCUT2D eigenvalue weighted by molar-refractivity contribution is 6.16. The Morgan fingerprint density at radius 1 is 0.935 bits per heavy atom. The number of nitrogens with one attached hydrogen (secondary N) is 1. The summed E-state index contributed by atoms with van der Waals surface area (Å²) in [7, 11) is 0. The van der Waals surface area contributed by atoms with Crippen molar-refractivity contribution in [2.24, 2.45) is 0 Å². The fourth-order valence-corrected chi connectivity index (χ4v) is 5.64. The summed E-state index contributed by atoms with van der Waals surface area (Å²) in [6, 6.07) is 19.0. The highest BCUT2D eigenvalue weighted by Crippen LogP contribution is 2.31. The lowest BCUT2D eigenvalue weighted by atomic mass is 10.0. The zero-order valence-corrected chi connectivity index (χ0v) is 27.2. The summed E-state index contributed by atoms with van der Waals surface area (Å²) in [5, 5.41) is 3.77. The molecule has 9 heteroatoms. The number of aryl methyl sites for hydroxylation is 1. The molecule has 0 radical (unpaired) electrons. The van der Waals surface area contributed by atoms with Crippen molar-refractivity contribution in [3.8, 4) is 17.2 Å². The van der Waals surface area contributed by atoms with E-state index >= 15 is 0 Å². The maximum Gasteiger partial charge on any atom is 0.407 e. The summed E-state index contributed by atoms with van der Waals surface area (Å²) in [5.41, 5.74) is 1.64. The van der Waals surface area contributed by atoms with Crippen molar-refractivity contribution >= 4 is 22.8 Å². The summed E-state index contributed by atoms with van der Waals surface area (Å²) < 4.78 is 32.8. The number of alkyl carbamates (subject to hydrolysis) is 1. The lowest BCUT2D eigenvalue weighted by Crippen LogP contribution is -2.40. The number of aromatic nitrogens is 1. The van der Waals surface area contributed by atoms with Crippen LogP contribution in [-0.4, -0.2) is 59.2 Å². The number of carbonyl (C=O) groups is 2. The van der Waals surface area contributed by atoms with Gasteiger partial charge in [0.15, 0.2) is 5.78 Å². The van der Waals surface area contributed by atoms with E-state index < -0.39 is 5.60 Å². The molecule has 2 heterocycles. The van der Waals surface area contributed by atoms with Crippen molar-refractivity contribution in [2.75, 3.05) is 26.2 Å². The molecule has 1 amide bonds. The Morgan fingerprint density at radius 2 is 1.65 bits per heavy atom. The number of hydrogen-bond donors (Lipinski definition) is 1. The minimum absolute atomic E-state index is 0.0747. The molecular formula is C37H44FN3O5. The largest absolute Gasteiger partial charge is 0.494 e. The smallest absolute Gasteiger partial charge is 0.407 e. The first-order valence-electron chi connectivity index (χ1n) is 16.1. The van der Waals surface area contributed by atoms with Crippen LogP contribution in [0.3, 0.4) is 0 Å². The fourth-order valence-electron chi connectivity index (χ4n) is 5.64. The lowest BCUT2D eigenvalue weighted by Gasteiger charge is -2.22. The molecule has 4 aromatic rings. The molecule has 1 saturated heterocycles. The number of benzene rings is 3. The molecule has 1 fully saturated rings. The van der Waals surface area contributed by atoms with Gasteiger partial charge in [-0.1, -0.05) is 13.3 Å². The molecule has 1 N–H and O–H groups in total. The number of fused-ring (bicyclic) bond motifs is 1. The summed E-state index contributed by atoms with van der Waals surface area (Å²) in [4.78, 5) is 28.1. The number of rotatable bonds is 13. The number of carbonyl (C=O) groups excluding carboxylic acids is 2. The molecule has 1 atom stereocenters. The van der Waals surface area contributed by atoms with Crippen LogP contribution in [-0.2, 0) is 11.3 Å². The van der Waals surface area contributed by atoms with Crippen LogP contribution in [0.15, 0.2) is 72.9 Å². The Hall–Kier alpha value is -4.37. The standard InChI is InChI=1S/C37H44FN3O5/c1-5-6-20-41-25-33(32-23-31(16-17-34(32)41)45-30-14-10-27(38)11-15-30)35(42)26-8-12-29(13-9-26)44-22-7-19-40-21-18-28(24-40)39-36(43)46-37(2,3)4/h8-17,23,25,28H,5-7,18-22,24H2,1-4H3,(H,39,43)/t28-/m1/s1. The Morgan fingerprint density at radius 3 is 2.37 bits per heavy atom. The third-order valence-corrected chi connectivity index (χ3v) is 7.90. The minimum Gasteiger partial charge on any atom is -0.494 e. The zero-order chi connectivity index (χ0) is 32.7. The van der Waals surface area contributed by atoms with E-state index in [4.69, 9.17) is 14.2 Å². The first kappa shape index (κ1) is 33.0. The average molecular weight is 630 g/mol. The molecule has 8 nitrogen and oxygen atoms in total. The van der Waals surface area contributed by atoms with Gasteiger partial charge in [0.2, 0.25) is 0 Å². The molecule has 0 bridgehead atoms. The van der Waals surface area contributed by atoms with Gasteiger partial charge in [0, 0.05) is 60.4 Å². The average Bonchev–Trinajstić information content (AvgIpc) is 3.62. The van der Waals surface area contributed by atoms with E-state index in [0.717, 1.165) is 62.8 Å². The van der Waals surface area contributed by atoms with Crippen molar-refractivity contribution in [3.05, 3.63) is 89.9 Å². The fraction of sp³-hybridized carbons (Fsp3) is 0.405. The predicted octanol–water partition coefficient (Wildman–Crippen LogP) is 7.97. The van der Waals surface area contributed by atoms with Crippen molar-refractivity contribution in [1.82, 2.24) is 14.8 Å². The molecule has 1 aliphatic rings. The van der Waals surface area contributed by atoms with E-state index in [1.54, 1.807) is 24.3 Å². The van der Waals surface area contributed by atoms with E-state index in [9.17, 15) is 14.0 Å². The predicted molar refractivity (Wildman–Crippen MR) is 178 cm³/mol. The van der Waals surface area contributed by atoms with Gasteiger partial charge in [0.1, 0.15) is 28.7 Å². The molecule has 1 aromatic heterocycles. The number of unbranched alkanes of at least 4 members (excludes halogenated alkanes) is 1. The molecule has 3 aromatic carbocycles. The van der Waals surface area contributed by atoms with Gasteiger partial charge < -0.3 is 29.0 Å². The van der Waals surface area contributed by atoms with Gasteiger partial charge >= 0.3 is 6.09 Å². The highest BCUT2D eigenvalue weighted by atomic mass is 19.1. The normalized spacial score (nSPS) is 15.2. The number of ether oxygens (including phenoxy) is 3. The SMILES string of the molecule is CCCCn1cc(C(=O)c2ccc(OCCCN3CC[C@@H](NC(=O)OC(C)(C)C)C3)cc2)c2cc(Oc3ccc(F)cc3)ccc21. The van der Waals surface area contributed by atoms with E-state index in [1.165, 1.54) is 12.1 Å². The van der Waals surface area contributed by atoms with Crippen LogP contribution in [0.25, 0.3) is 10.9 Å². The second-order valence-electron chi connectivity index (χ2n) is 12.8. The number of ketones is 1. The van der Waals surface area contributed by atoms with Crippen molar-refractivity contribution in [2.45, 2.75) is 71.6 Å². The third-order valence-electron chi connectivity index (χ3n) is 7.90. The molecule has 1 aliphatic heterocycles. The van der Waals surface area contributed by atoms with Crippen LogP contribution in [0.2, 0.25) is 0 Å². The molecule has 5 rings (SSSR count). The van der Waals surface area contributed by atoms with E-state index in [1.807, 2.05) is 57.3 Å². The Labute approximate surface area is 270 Å². The first-order chi connectivity index (χ1) is 22.1. The summed E-state index contributed by atoms with van der Waals surface area (Å²) >= 11 is 0. The van der Waals surface area contributed by atoms with Gasteiger partial charge in [0.05, 0.1) is 6.61 Å². The molecule has 0 unspecified atom stereocenters. The van der Waals surface area contributed by atoms with E-state index in [-0.39, 0.29) is 23.7 Å². The zero-order valence-electron chi connectivity index (χ0n) is 27.2. The van der Waals surface area contributed by atoms with Gasteiger partial charge in [-0.25, -0.2) is 9.18 Å².